The molecule has 1 fully saturated rings. The number of nitrogens with zero attached hydrogens (tertiary/aromatic N) is 1. The zero-order valence-corrected chi connectivity index (χ0v) is 16.5. The fourth-order valence-corrected chi connectivity index (χ4v) is 3.32. The molecule has 2 rings (SSSR count). The summed E-state index contributed by atoms with van der Waals surface area (Å²) in [5.74, 6) is 0.0417. The molecule has 1 aromatic rings. The van der Waals surface area contributed by atoms with Gasteiger partial charge in [0, 0.05) is 41.2 Å². The van der Waals surface area contributed by atoms with Crippen molar-refractivity contribution in [2.45, 2.75) is 72.6 Å². The predicted molar refractivity (Wildman–Crippen MR) is 98.3 cm³/mol. The Labute approximate surface area is 152 Å². The number of carbonyl (C=O) groups is 1. The normalized spacial score (nSPS) is 20.2. The van der Waals surface area contributed by atoms with E-state index in [9.17, 15) is 4.79 Å². The van der Waals surface area contributed by atoms with Gasteiger partial charge < -0.3 is 14.3 Å². The topological polar surface area (TPSA) is 39.4 Å². The molecule has 2 unspecified atom stereocenters. The Morgan fingerprint density at radius 1 is 1.32 bits per heavy atom. The third kappa shape index (κ3) is 5.89. The zero-order chi connectivity index (χ0) is 18.4. The maximum atomic E-state index is 11.5. The van der Waals surface area contributed by atoms with Crippen molar-refractivity contribution < 1.29 is 18.8 Å². The molecule has 0 amide bonds. The zero-order valence-electron chi connectivity index (χ0n) is 16.5. The van der Waals surface area contributed by atoms with Gasteiger partial charge in [-0.2, -0.15) is 0 Å². The van der Waals surface area contributed by atoms with Gasteiger partial charge in [0.05, 0.1) is 13.2 Å². The van der Waals surface area contributed by atoms with Gasteiger partial charge in [-0.3, -0.25) is 0 Å². The molecule has 1 aliphatic rings. The summed E-state index contributed by atoms with van der Waals surface area (Å²) < 4.78 is 14.1. The van der Waals surface area contributed by atoms with Crippen molar-refractivity contribution in [2.75, 3.05) is 13.2 Å². The van der Waals surface area contributed by atoms with Gasteiger partial charge in [-0.15, -0.1) is 0 Å². The van der Waals surface area contributed by atoms with Gasteiger partial charge >= 0.3 is 0 Å². The first-order chi connectivity index (χ1) is 11.8. The van der Waals surface area contributed by atoms with Gasteiger partial charge in [-0.05, 0) is 13.0 Å². The molecular formula is C21H34NO3+. The van der Waals surface area contributed by atoms with E-state index in [-0.39, 0.29) is 23.5 Å². The highest BCUT2D eigenvalue weighted by atomic mass is 16.7. The molecule has 0 N–H and O–H groups in total. The summed E-state index contributed by atoms with van der Waals surface area (Å²) in [6.45, 7) is 13.0. The van der Waals surface area contributed by atoms with E-state index in [4.69, 9.17) is 9.47 Å². The lowest BCUT2D eigenvalue weighted by Crippen LogP contribution is -2.39. The minimum atomic E-state index is -0.231. The second-order valence-electron chi connectivity index (χ2n) is 8.29. The first-order valence-corrected chi connectivity index (χ1v) is 9.54. The van der Waals surface area contributed by atoms with Gasteiger partial charge in [-0.25, -0.2) is 4.57 Å². The minimum absolute atomic E-state index is 0.0643. The van der Waals surface area contributed by atoms with Crippen molar-refractivity contribution in [3.8, 4) is 0 Å². The molecule has 0 aliphatic carbocycles. The van der Waals surface area contributed by atoms with Gasteiger partial charge in [0.15, 0.2) is 18.7 Å². The van der Waals surface area contributed by atoms with E-state index < -0.39 is 0 Å². The Morgan fingerprint density at radius 3 is 2.60 bits per heavy atom. The molecule has 0 radical (unpaired) electrons. The molecule has 1 aliphatic heterocycles. The Morgan fingerprint density at radius 2 is 2.00 bits per heavy atom. The number of ether oxygens (including phenoxy) is 2. The molecule has 2 heterocycles. The smallest absolute Gasteiger partial charge is 0.172 e. The van der Waals surface area contributed by atoms with Crippen LogP contribution in [0, 0.1) is 18.3 Å². The fourth-order valence-electron chi connectivity index (χ4n) is 3.32. The summed E-state index contributed by atoms with van der Waals surface area (Å²) in [4.78, 5) is 11.5. The van der Waals surface area contributed by atoms with Crippen molar-refractivity contribution in [1.29, 1.82) is 0 Å². The lowest BCUT2D eigenvalue weighted by molar-refractivity contribution is -0.698. The molecule has 0 saturated carbocycles. The molecule has 25 heavy (non-hydrogen) atoms. The summed E-state index contributed by atoms with van der Waals surface area (Å²) in [7, 11) is 0. The highest BCUT2D eigenvalue weighted by molar-refractivity contribution is 5.55. The van der Waals surface area contributed by atoms with Crippen LogP contribution in [0.1, 0.15) is 64.0 Å². The van der Waals surface area contributed by atoms with E-state index >= 15 is 0 Å². The van der Waals surface area contributed by atoms with E-state index in [1.807, 2.05) is 6.92 Å². The molecule has 4 nitrogen and oxygen atoms in total. The van der Waals surface area contributed by atoms with E-state index in [1.165, 1.54) is 17.5 Å². The molecule has 1 aromatic heterocycles. The average molecular weight is 349 g/mol. The van der Waals surface area contributed by atoms with Crippen LogP contribution in [0.15, 0.2) is 18.5 Å². The number of aromatic nitrogens is 1. The van der Waals surface area contributed by atoms with Gasteiger partial charge in [0.2, 0.25) is 0 Å². The Hall–Kier alpha value is -1.26. The van der Waals surface area contributed by atoms with Gasteiger partial charge in [-0.1, -0.05) is 34.1 Å². The summed E-state index contributed by atoms with van der Waals surface area (Å²) >= 11 is 0. The van der Waals surface area contributed by atoms with Crippen LogP contribution in [0.4, 0.5) is 0 Å². The molecule has 2 atom stereocenters. The molecule has 0 aromatic carbocycles. The largest absolute Gasteiger partial charge is 0.352 e. The number of rotatable bonds is 8. The molecule has 140 valence electrons. The Balaban J connectivity index is 2.17. The highest BCUT2D eigenvalue weighted by Gasteiger charge is 2.32. The van der Waals surface area contributed by atoms with E-state index in [0.717, 1.165) is 19.3 Å². The highest BCUT2D eigenvalue weighted by Crippen LogP contribution is 2.32. The Bertz CT molecular complexity index is 560. The third-order valence-electron chi connectivity index (χ3n) is 4.89. The SMILES string of the molecule is CCCC[n+]1cc(C)cc(C(CC2OCC(C)(C)CO2)C(C)C=O)c1. The van der Waals surface area contributed by atoms with Crippen LogP contribution in [0.3, 0.4) is 0 Å². The number of hydrogen-bond acceptors (Lipinski definition) is 3. The lowest BCUT2D eigenvalue weighted by Gasteiger charge is -2.36. The summed E-state index contributed by atoms with van der Waals surface area (Å²) in [6, 6.07) is 2.19. The number of aryl methyl sites for hydroxylation is 2. The Kier molecular flexibility index (Phi) is 7.14. The molecular weight excluding hydrogens is 314 g/mol. The molecule has 1 saturated heterocycles. The van der Waals surface area contributed by atoms with Crippen LogP contribution >= 0.6 is 0 Å². The van der Waals surface area contributed by atoms with Gasteiger partial charge in [0.25, 0.3) is 0 Å². The summed E-state index contributed by atoms with van der Waals surface area (Å²) in [5.41, 5.74) is 2.49. The lowest BCUT2D eigenvalue weighted by atomic mass is 9.85. The monoisotopic (exact) mass is 348 g/mol. The van der Waals surface area contributed by atoms with Crippen molar-refractivity contribution >= 4 is 6.29 Å². The number of hydrogen-bond donors (Lipinski definition) is 0. The van der Waals surface area contributed by atoms with Crippen molar-refractivity contribution in [2.24, 2.45) is 11.3 Å². The van der Waals surface area contributed by atoms with E-state index in [1.54, 1.807) is 0 Å². The maximum absolute atomic E-state index is 11.5. The average Bonchev–Trinajstić information content (AvgIpc) is 2.58. The predicted octanol–water partition coefficient (Wildman–Crippen LogP) is 3.79. The summed E-state index contributed by atoms with van der Waals surface area (Å²) in [6.07, 6.45) is 8.24. The number of unbranched alkanes of at least 4 members (excludes halogenated alkanes) is 1. The van der Waals surface area contributed by atoms with Crippen molar-refractivity contribution in [1.82, 2.24) is 0 Å². The second-order valence-corrected chi connectivity index (χ2v) is 8.29. The van der Waals surface area contributed by atoms with E-state index in [2.05, 4.69) is 50.7 Å². The standard InChI is InChI=1S/C21H34NO3/c1-6-7-8-22-11-16(2)9-18(12-22)19(17(3)13-23)10-20-24-14-21(4,5)15-25-20/h9,11-13,17,19-20H,6-8,10,14-15H2,1-5H3/q+1. The first-order valence-electron chi connectivity index (χ1n) is 9.54. The fraction of sp³-hybridized carbons (Fsp3) is 0.714. The molecule has 4 heteroatoms. The van der Waals surface area contributed by atoms with Crippen molar-refractivity contribution in [3.05, 3.63) is 29.6 Å². The number of aldehydes is 1. The van der Waals surface area contributed by atoms with Crippen LogP contribution < -0.4 is 4.57 Å². The quantitative estimate of drug-likeness (QED) is 0.530. The molecule has 0 bridgehead atoms. The van der Waals surface area contributed by atoms with Crippen LogP contribution in [0.25, 0.3) is 0 Å². The number of carbonyl (C=O) groups excluding carboxylic acids is 1. The third-order valence-corrected chi connectivity index (χ3v) is 4.89. The second kappa shape index (κ2) is 8.91. The van der Waals surface area contributed by atoms with Crippen LogP contribution in [0.2, 0.25) is 0 Å². The molecule has 0 spiro atoms. The number of pyridine rings is 1. The minimum Gasteiger partial charge on any atom is -0.352 e. The van der Waals surface area contributed by atoms with Crippen molar-refractivity contribution in [3.63, 3.8) is 0 Å². The summed E-state index contributed by atoms with van der Waals surface area (Å²) in [5, 5.41) is 0. The maximum Gasteiger partial charge on any atom is 0.172 e. The van der Waals surface area contributed by atoms with Crippen LogP contribution in [-0.4, -0.2) is 25.8 Å². The van der Waals surface area contributed by atoms with E-state index in [0.29, 0.717) is 19.6 Å². The van der Waals surface area contributed by atoms with Crippen LogP contribution in [-0.2, 0) is 20.8 Å². The first kappa shape index (κ1) is 20.1. The van der Waals surface area contributed by atoms with Crippen LogP contribution in [0.5, 0.6) is 0 Å². The van der Waals surface area contributed by atoms with Gasteiger partial charge in [0.1, 0.15) is 12.8 Å².